The SMILES string of the molecule is Clc1cccc(-c2ccc(/C=C/c3nc4ccccc4s3)o2)c1Cl. The molecule has 0 spiro atoms. The van der Waals surface area contributed by atoms with Gasteiger partial charge in [-0.05, 0) is 48.6 Å². The Labute approximate surface area is 153 Å². The Morgan fingerprint density at radius 1 is 0.917 bits per heavy atom. The molecule has 4 rings (SSSR count). The summed E-state index contributed by atoms with van der Waals surface area (Å²) in [7, 11) is 0. The number of thiazole rings is 1. The first-order valence-corrected chi connectivity index (χ1v) is 8.86. The van der Waals surface area contributed by atoms with E-state index in [-0.39, 0.29) is 0 Å². The molecule has 2 nitrogen and oxygen atoms in total. The molecule has 2 aromatic heterocycles. The number of hydrogen-bond donors (Lipinski definition) is 0. The third-order valence-electron chi connectivity index (χ3n) is 3.54. The van der Waals surface area contributed by atoms with Gasteiger partial charge in [-0.15, -0.1) is 11.3 Å². The average molecular weight is 372 g/mol. The third-order valence-corrected chi connectivity index (χ3v) is 5.36. The molecule has 0 atom stereocenters. The highest BCUT2D eigenvalue weighted by molar-refractivity contribution is 7.19. The summed E-state index contributed by atoms with van der Waals surface area (Å²) in [5, 5.41) is 1.95. The van der Waals surface area contributed by atoms with Crippen molar-refractivity contribution < 1.29 is 4.42 Å². The Bertz CT molecular complexity index is 1020. The zero-order valence-electron chi connectivity index (χ0n) is 12.4. The smallest absolute Gasteiger partial charge is 0.136 e. The van der Waals surface area contributed by atoms with Crippen molar-refractivity contribution in [2.75, 3.05) is 0 Å². The minimum Gasteiger partial charge on any atom is -0.457 e. The van der Waals surface area contributed by atoms with Crippen LogP contribution in [0.3, 0.4) is 0 Å². The zero-order valence-corrected chi connectivity index (χ0v) is 14.7. The van der Waals surface area contributed by atoms with Crippen LogP contribution in [0.5, 0.6) is 0 Å². The van der Waals surface area contributed by atoms with E-state index in [1.165, 1.54) is 4.70 Å². The quantitative estimate of drug-likeness (QED) is 0.386. The van der Waals surface area contributed by atoms with Crippen LogP contribution in [0.4, 0.5) is 0 Å². The number of fused-ring (bicyclic) bond motifs is 1. The fourth-order valence-electron chi connectivity index (χ4n) is 2.40. The van der Waals surface area contributed by atoms with Gasteiger partial charge in [0.2, 0.25) is 0 Å². The molecule has 0 saturated heterocycles. The van der Waals surface area contributed by atoms with Gasteiger partial charge in [-0.3, -0.25) is 0 Å². The van der Waals surface area contributed by atoms with Gasteiger partial charge in [0.15, 0.2) is 0 Å². The van der Waals surface area contributed by atoms with Crippen LogP contribution >= 0.6 is 34.5 Å². The number of aromatic nitrogens is 1. The maximum Gasteiger partial charge on any atom is 0.136 e. The monoisotopic (exact) mass is 371 g/mol. The Balaban J connectivity index is 1.62. The normalized spacial score (nSPS) is 11.6. The Morgan fingerprint density at radius 2 is 1.79 bits per heavy atom. The lowest BCUT2D eigenvalue weighted by Crippen LogP contribution is -1.77. The fourth-order valence-corrected chi connectivity index (χ4v) is 3.66. The van der Waals surface area contributed by atoms with Crippen LogP contribution < -0.4 is 0 Å². The first-order valence-electron chi connectivity index (χ1n) is 7.28. The molecular formula is C19H11Cl2NOS. The summed E-state index contributed by atoms with van der Waals surface area (Å²) >= 11 is 13.9. The van der Waals surface area contributed by atoms with Gasteiger partial charge in [0.25, 0.3) is 0 Å². The molecule has 0 bridgehead atoms. The average Bonchev–Trinajstić information content (AvgIpc) is 3.21. The number of nitrogens with zero attached hydrogens (tertiary/aromatic N) is 1. The van der Waals surface area contributed by atoms with Crippen LogP contribution in [0, 0.1) is 0 Å². The Hall–Kier alpha value is -2.07. The van der Waals surface area contributed by atoms with Crippen molar-refractivity contribution in [2.45, 2.75) is 0 Å². The molecule has 2 aromatic carbocycles. The lowest BCUT2D eigenvalue weighted by Gasteiger charge is -2.01. The van der Waals surface area contributed by atoms with Crippen LogP contribution in [0.1, 0.15) is 10.8 Å². The summed E-state index contributed by atoms with van der Waals surface area (Å²) in [6.07, 6.45) is 3.85. The largest absolute Gasteiger partial charge is 0.457 e. The van der Waals surface area contributed by atoms with Gasteiger partial charge in [0.1, 0.15) is 16.5 Å². The van der Waals surface area contributed by atoms with E-state index >= 15 is 0 Å². The summed E-state index contributed by atoms with van der Waals surface area (Å²) < 4.78 is 7.02. The maximum absolute atomic E-state index is 6.24. The highest BCUT2D eigenvalue weighted by atomic mass is 35.5. The van der Waals surface area contributed by atoms with Gasteiger partial charge in [-0.1, -0.05) is 41.4 Å². The number of furan rings is 1. The predicted molar refractivity (Wildman–Crippen MR) is 103 cm³/mol. The van der Waals surface area contributed by atoms with E-state index in [0.717, 1.165) is 21.8 Å². The molecular weight excluding hydrogens is 361 g/mol. The lowest BCUT2D eigenvalue weighted by atomic mass is 10.2. The van der Waals surface area contributed by atoms with Gasteiger partial charge in [0, 0.05) is 5.56 Å². The van der Waals surface area contributed by atoms with Crippen LogP contribution in [0.25, 0.3) is 33.7 Å². The second-order valence-corrected chi connectivity index (χ2v) is 7.00. The molecule has 0 aliphatic heterocycles. The van der Waals surface area contributed by atoms with Gasteiger partial charge in [-0.25, -0.2) is 4.98 Å². The summed E-state index contributed by atoms with van der Waals surface area (Å²) in [5.41, 5.74) is 1.79. The minimum atomic E-state index is 0.496. The van der Waals surface area contributed by atoms with Crippen molar-refractivity contribution in [1.82, 2.24) is 4.98 Å². The molecule has 0 N–H and O–H groups in total. The molecule has 118 valence electrons. The molecule has 0 fully saturated rings. The standard InChI is InChI=1S/C19H11Cl2NOS/c20-14-5-3-4-13(19(14)21)16-10-8-12(23-16)9-11-18-22-15-6-1-2-7-17(15)24-18/h1-11H/b11-9+. The number of hydrogen-bond acceptors (Lipinski definition) is 3. The van der Waals surface area contributed by atoms with Crippen molar-refractivity contribution >= 4 is 56.9 Å². The summed E-state index contributed by atoms with van der Waals surface area (Å²) in [6.45, 7) is 0. The number of rotatable bonds is 3. The van der Waals surface area contributed by atoms with Crippen molar-refractivity contribution in [1.29, 1.82) is 0 Å². The van der Waals surface area contributed by atoms with Crippen LogP contribution in [0.2, 0.25) is 10.0 Å². The van der Waals surface area contributed by atoms with Crippen LogP contribution in [-0.4, -0.2) is 4.98 Å². The molecule has 0 amide bonds. The highest BCUT2D eigenvalue weighted by Gasteiger charge is 2.10. The van der Waals surface area contributed by atoms with Crippen LogP contribution in [-0.2, 0) is 0 Å². The van der Waals surface area contributed by atoms with Gasteiger partial charge in [-0.2, -0.15) is 0 Å². The predicted octanol–water partition coefficient (Wildman–Crippen LogP) is 7.03. The van der Waals surface area contributed by atoms with Crippen molar-refractivity contribution in [3.05, 3.63) is 75.4 Å². The van der Waals surface area contributed by atoms with Crippen molar-refractivity contribution in [3.8, 4) is 11.3 Å². The number of halogens is 2. The molecule has 0 unspecified atom stereocenters. The van der Waals surface area contributed by atoms with E-state index < -0.39 is 0 Å². The first-order chi connectivity index (χ1) is 11.7. The molecule has 24 heavy (non-hydrogen) atoms. The van der Waals surface area contributed by atoms with Gasteiger partial charge in [0.05, 0.1) is 20.3 Å². The fraction of sp³-hybridized carbons (Fsp3) is 0. The molecule has 2 heterocycles. The van der Waals surface area contributed by atoms with E-state index in [2.05, 4.69) is 11.1 Å². The lowest BCUT2D eigenvalue weighted by molar-refractivity contribution is 0.572. The molecule has 0 aliphatic carbocycles. The van der Waals surface area contributed by atoms with E-state index in [9.17, 15) is 0 Å². The zero-order chi connectivity index (χ0) is 16.5. The Kier molecular flexibility index (Phi) is 4.15. The molecule has 0 radical (unpaired) electrons. The van der Waals surface area contributed by atoms with Crippen molar-refractivity contribution in [3.63, 3.8) is 0 Å². The highest BCUT2D eigenvalue weighted by Crippen LogP contribution is 2.34. The second-order valence-electron chi connectivity index (χ2n) is 5.16. The van der Waals surface area contributed by atoms with E-state index in [1.54, 1.807) is 17.4 Å². The minimum absolute atomic E-state index is 0.496. The topological polar surface area (TPSA) is 26.0 Å². The van der Waals surface area contributed by atoms with Gasteiger partial charge >= 0.3 is 0 Å². The number of para-hydroxylation sites is 1. The maximum atomic E-state index is 6.24. The van der Waals surface area contributed by atoms with E-state index in [4.69, 9.17) is 27.6 Å². The molecule has 4 aromatic rings. The number of benzene rings is 2. The van der Waals surface area contributed by atoms with Gasteiger partial charge < -0.3 is 4.42 Å². The van der Waals surface area contributed by atoms with E-state index in [1.807, 2.05) is 54.6 Å². The van der Waals surface area contributed by atoms with Crippen molar-refractivity contribution in [2.24, 2.45) is 0 Å². The summed E-state index contributed by atoms with van der Waals surface area (Å²) in [5.74, 6) is 1.42. The third kappa shape index (κ3) is 2.98. The second kappa shape index (κ2) is 6.44. The van der Waals surface area contributed by atoms with Crippen LogP contribution in [0.15, 0.2) is 59.0 Å². The Morgan fingerprint density at radius 3 is 2.67 bits per heavy atom. The first kappa shape index (κ1) is 15.5. The molecule has 0 aliphatic rings. The summed E-state index contributed by atoms with van der Waals surface area (Å²) in [6, 6.07) is 17.4. The molecule has 0 saturated carbocycles. The molecule has 5 heteroatoms. The summed E-state index contributed by atoms with van der Waals surface area (Å²) in [4.78, 5) is 4.57. The van der Waals surface area contributed by atoms with E-state index in [0.29, 0.717) is 15.8 Å².